The van der Waals surface area contributed by atoms with Crippen LogP contribution in [0.2, 0.25) is 0 Å². The van der Waals surface area contributed by atoms with Crippen LogP contribution >= 0.6 is 33.9 Å². The highest BCUT2D eigenvalue weighted by atomic mass is 127. The highest BCUT2D eigenvalue weighted by Gasteiger charge is 2.45. The van der Waals surface area contributed by atoms with Gasteiger partial charge in [-0.15, -0.1) is 11.3 Å². The molecular formula is C14H20INS. The Morgan fingerprint density at radius 2 is 2.29 bits per heavy atom. The van der Waals surface area contributed by atoms with Gasteiger partial charge in [0.2, 0.25) is 0 Å². The van der Waals surface area contributed by atoms with Crippen molar-refractivity contribution < 1.29 is 0 Å². The van der Waals surface area contributed by atoms with E-state index in [1.165, 1.54) is 35.1 Å². The molecule has 2 unspecified atom stereocenters. The second-order valence-electron chi connectivity index (χ2n) is 6.17. The maximum absolute atomic E-state index is 3.81. The Balaban J connectivity index is 1.65. The number of nitrogens with one attached hydrogen (secondary N) is 1. The standard InChI is InChI=1S/C14H20INS/c1-14(2)7-9(14)8-16-11-4-3-5-12-10(11)6-13(15)17-12/h6,9,11,16H,3-5,7-8H2,1-2H3. The topological polar surface area (TPSA) is 12.0 Å². The Labute approximate surface area is 122 Å². The van der Waals surface area contributed by atoms with Crippen molar-refractivity contribution in [2.75, 3.05) is 6.54 Å². The van der Waals surface area contributed by atoms with Crippen LogP contribution in [0.25, 0.3) is 0 Å². The Morgan fingerprint density at radius 1 is 1.53 bits per heavy atom. The van der Waals surface area contributed by atoms with Crippen molar-refractivity contribution in [2.24, 2.45) is 11.3 Å². The predicted molar refractivity (Wildman–Crippen MR) is 82.6 cm³/mol. The lowest BCUT2D eigenvalue weighted by molar-refractivity contribution is 0.429. The molecule has 2 atom stereocenters. The van der Waals surface area contributed by atoms with Crippen LogP contribution in [0.1, 0.15) is 49.6 Å². The summed E-state index contributed by atoms with van der Waals surface area (Å²) >= 11 is 4.45. The molecule has 0 spiro atoms. The van der Waals surface area contributed by atoms with Crippen molar-refractivity contribution in [3.8, 4) is 0 Å². The summed E-state index contributed by atoms with van der Waals surface area (Å²) in [7, 11) is 0. The van der Waals surface area contributed by atoms with Gasteiger partial charge in [-0.25, -0.2) is 0 Å². The van der Waals surface area contributed by atoms with Gasteiger partial charge in [0.1, 0.15) is 0 Å². The fourth-order valence-corrected chi connectivity index (χ4v) is 5.06. The van der Waals surface area contributed by atoms with E-state index in [0.29, 0.717) is 11.5 Å². The highest BCUT2D eigenvalue weighted by molar-refractivity contribution is 14.1. The minimum Gasteiger partial charge on any atom is -0.310 e. The van der Waals surface area contributed by atoms with Gasteiger partial charge in [-0.2, -0.15) is 0 Å². The van der Waals surface area contributed by atoms with Crippen LogP contribution in [0.4, 0.5) is 0 Å². The molecular weight excluding hydrogens is 341 g/mol. The smallest absolute Gasteiger partial charge is 0.0659 e. The van der Waals surface area contributed by atoms with Gasteiger partial charge in [0.05, 0.1) is 2.88 Å². The summed E-state index contributed by atoms with van der Waals surface area (Å²) in [4.78, 5) is 1.63. The Bertz CT molecular complexity index is 424. The molecule has 0 aromatic carbocycles. The van der Waals surface area contributed by atoms with E-state index >= 15 is 0 Å². The maximum Gasteiger partial charge on any atom is 0.0659 e. The summed E-state index contributed by atoms with van der Waals surface area (Å²) in [5, 5.41) is 3.81. The molecule has 0 saturated heterocycles. The monoisotopic (exact) mass is 361 g/mol. The first-order valence-corrected chi connectivity index (χ1v) is 8.47. The number of hydrogen-bond donors (Lipinski definition) is 1. The summed E-state index contributed by atoms with van der Waals surface area (Å²) in [6.07, 6.45) is 5.39. The van der Waals surface area contributed by atoms with Gasteiger partial charge in [-0.05, 0) is 77.8 Å². The van der Waals surface area contributed by atoms with Crippen molar-refractivity contribution >= 4 is 33.9 Å². The lowest BCUT2D eigenvalue weighted by atomic mass is 9.94. The zero-order valence-electron chi connectivity index (χ0n) is 10.6. The fraction of sp³-hybridized carbons (Fsp3) is 0.714. The second-order valence-corrected chi connectivity index (χ2v) is 9.20. The summed E-state index contributed by atoms with van der Waals surface area (Å²) in [6, 6.07) is 3.03. The van der Waals surface area contributed by atoms with Gasteiger partial charge in [-0.1, -0.05) is 13.8 Å². The van der Waals surface area contributed by atoms with Crippen molar-refractivity contribution in [1.29, 1.82) is 0 Å². The van der Waals surface area contributed by atoms with Gasteiger partial charge in [0.15, 0.2) is 0 Å². The van der Waals surface area contributed by atoms with Crippen molar-refractivity contribution in [3.05, 3.63) is 19.4 Å². The molecule has 2 aliphatic carbocycles. The van der Waals surface area contributed by atoms with Gasteiger partial charge in [-0.3, -0.25) is 0 Å². The molecule has 3 rings (SSSR count). The molecule has 1 nitrogen and oxygen atoms in total. The minimum absolute atomic E-state index is 0.605. The third kappa shape index (κ3) is 2.56. The molecule has 94 valence electrons. The SMILES string of the molecule is CC1(C)CC1CNC1CCCc2sc(I)cc21. The van der Waals surface area contributed by atoms with Gasteiger partial charge < -0.3 is 5.32 Å². The first-order chi connectivity index (χ1) is 8.06. The Kier molecular flexibility index (Phi) is 3.28. The molecule has 17 heavy (non-hydrogen) atoms. The zero-order valence-corrected chi connectivity index (χ0v) is 13.5. The first-order valence-electron chi connectivity index (χ1n) is 6.58. The van der Waals surface area contributed by atoms with E-state index in [4.69, 9.17) is 0 Å². The second kappa shape index (κ2) is 4.49. The maximum atomic E-state index is 3.81. The van der Waals surface area contributed by atoms with E-state index in [1.54, 1.807) is 10.4 Å². The van der Waals surface area contributed by atoms with Crippen LogP contribution in [0.15, 0.2) is 6.07 Å². The number of thiophene rings is 1. The minimum atomic E-state index is 0.605. The van der Waals surface area contributed by atoms with Gasteiger partial charge in [0, 0.05) is 10.9 Å². The van der Waals surface area contributed by atoms with Gasteiger partial charge >= 0.3 is 0 Å². The lowest BCUT2D eigenvalue weighted by Crippen LogP contribution is -2.27. The lowest BCUT2D eigenvalue weighted by Gasteiger charge is -2.24. The molecule has 0 radical (unpaired) electrons. The Hall–Kier alpha value is 0.390. The third-order valence-electron chi connectivity index (χ3n) is 4.41. The molecule has 0 amide bonds. The van der Waals surface area contributed by atoms with E-state index < -0.39 is 0 Å². The van der Waals surface area contributed by atoms with E-state index in [-0.39, 0.29) is 0 Å². The summed E-state index contributed by atoms with van der Waals surface area (Å²) < 4.78 is 1.45. The molecule has 1 N–H and O–H groups in total. The number of halogens is 1. The number of rotatable bonds is 3. The fourth-order valence-electron chi connectivity index (χ4n) is 2.94. The molecule has 1 heterocycles. The highest BCUT2D eigenvalue weighted by Crippen LogP contribution is 2.51. The number of hydrogen-bond acceptors (Lipinski definition) is 2. The molecule has 1 saturated carbocycles. The van der Waals surface area contributed by atoms with E-state index in [0.717, 1.165) is 5.92 Å². The van der Waals surface area contributed by atoms with Crippen molar-refractivity contribution in [3.63, 3.8) is 0 Å². The molecule has 0 bridgehead atoms. The number of fused-ring (bicyclic) bond motifs is 1. The molecule has 0 aliphatic heterocycles. The molecule has 2 aliphatic rings. The normalized spacial score (nSPS) is 30.1. The summed E-state index contributed by atoms with van der Waals surface area (Å²) in [5.74, 6) is 0.908. The van der Waals surface area contributed by atoms with Gasteiger partial charge in [0.25, 0.3) is 0 Å². The van der Waals surface area contributed by atoms with Crippen molar-refractivity contribution in [1.82, 2.24) is 5.32 Å². The number of aryl methyl sites for hydroxylation is 1. The zero-order chi connectivity index (χ0) is 12.0. The average Bonchev–Trinajstić information content (AvgIpc) is 2.69. The van der Waals surface area contributed by atoms with Crippen molar-refractivity contribution in [2.45, 2.75) is 45.6 Å². The summed E-state index contributed by atoms with van der Waals surface area (Å²) in [6.45, 7) is 5.99. The average molecular weight is 361 g/mol. The van der Waals surface area contributed by atoms with Crippen LogP contribution in [0, 0.1) is 14.2 Å². The summed E-state index contributed by atoms with van der Waals surface area (Å²) in [5.41, 5.74) is 2.21. The van der Waals surface area contributed by atoms with Crippen LogP contribution in [-0.4, -0.2) is 6.54 Å². The van der Waals surface area contributed by atoms with Crippen LogP contribution < -0.4 is 5.32 Å². The third-order valence-corrected chi connectivity index (χ3v) is 6.38. The Morgan fingerprint density at radius 3 is 3.00 bits per heavy atom. The largest absolute Gasteiger partial charge is 0.310 e. The van der Waals surface area contributed by atoms with E-state index in [9.17, 15) is 0 Å². The molecule has 1 fully saturated rings. The van der Waals surface area contributed by atoms with Crippen LogP contribution in [0.5, 0.6) is 0 Å². The molecule has 1 aromatic heterocycles. The van der Waals surface area contributed by atoms with E-state index in [2.05, 4.69) is 47.8 Å². The van der Waals surface area contributed by atoms with Crippen LogP contribution in [-0.2, 0) is 6.42 Å². The molecule has 3 heteroatoms. The quantitative estimate of drug-likeness (QED) is 0.789. The van der Waals surface area contributed by atoms with Crippen LogP contribution in [0.3, 0.4) is 0 Å². The molecule has 1 aromatic rings. The van der Waals surface area contributed by atoms with E-state index in [1.807, 2.05) is 11.3 Å². The first kappa shape index (κ1) is 12.4. The predicted octanol–water partition coefficient (Wildman–Crippen LogP) is 4.37.